The smallest absolute Gasteiger partial charge is 0.145 e. The molecule has 3 nitrogen and oxygen atoms in total. The summed E-state index contributed by atoms with van der Waals surface area (Å²) in [6, 6.07) is 7.63. The van der Waals surface area contributed by atoms with Gasteiger partial charge in [-0.15, -0.1) is 0 Å². The summed E-state index contributed by atoms with van der Waals surface area (Å²) in [6.45, 7) is 2.76. The van der Waals surface area contributed by atoms with Crippen LogP contribution in [0.15, 0.2) is 30.5 Å². The number of aromatic nitrogens is 2. The van der Waals surface area contributed by atoms with Gasteiger partial charge in [0.1, 0.15) is 5.82 Å². The third kappa shape index (κ3) is 2.30. The van der Waals surface area contributed by atoms with Crippen molar-refractivity contribution in [2.45, 2.75) is 13.5 Å². The van der Waals surface area contributed by atoms with Gasteiger partial charge in [-0.1, -0.05) is 17.7 Å². The molecule has 2 N–H and O–H groups in total. The van der Waals surface area contributed by atoms with Gasteiger partial charge in [0, 0.05) is 11.2 Å². The predicted molar refractivity (Wildman–Crippen MR) is 61.9 cm³/mol. The maximum atomic E-state index is 5.88. The van der Waals surface area contributed by atoms with Crippen molar-refractivity contribution in [3.63, 3.8) is 0 Å². The van der Waals surface area contributed by atoms with Gasteiger partial charge in [-0.3, -0.25) is 4.68 Å². The molecule has 0 bridgehead atoms. The van der Waals surface area contributed by atoms with Crippen LogP contribution < -0.4 is 5.73 Å². The van der Waals surface area contributed by atoms with Crippen LogP contribution in [0.25, 0.3) is 0 Å². The minimum Gasteiger partial charge on any atom is -0.382 e. The molecule has 1 heterocycles. The van der Waals surface area contributed by atoms with Crippen LogP contribution in [0.2, 0.25) is 5.02 Å². The first-order valence-electron chi connectivity index (χ1n) is 4.69. The van der Waals surface area contributed by atoms with Crippen LogP contribution in [0.5, 0.6) is 0 Å². The Morgan fingerprint density at radius 2 is 2.20 bits per heavy atom. The molecule has 2 rings (SSSR count). The SMILES string of the molecule is Cc1cc(Cl)ccc1Cn1ccc(N)n1. The number of nitrogen functional groups attached to an aromatic ring is 1. The first kappa shape index (κ1) is 10.1. The first-order chi connectivity index (χ1) is 7.15. The quantitative estimate of drug-likeness (QED) is 0.847. The van der Waals surface area contributed by atoms with Crippen molar-refractivity contribution in [2.75, 3.05) is 5.73 Å². The molecule has 0 radical (unpaired) electrons. The zero-order valence-corrected chi connectivity index (χ0v) is 9.20. The number of benzene rings is 1. The van der Waals surface area contributed by atoms with E-state index in [0.717, 1.165) is 17.1 Å². The van der Waals surface area contributed by atoms with Crippen LogP contribution in [0.1, 0.15) is 11.1 Å². The molecule has 0 saturated carbocycles. The lowest BCUT2D eigenvalue weighted by atomic mass is 10.1. The topological polar surface area (TPSA) is 43.8 Å². The second kappa shape index (κ2) is 3.95. The molecule has 2 aromatic rings. The highest BCUT2D eigenvalue weighted by atomic mass is 35.5. The van der Waals surface area contributed by atoms with Crippen molar-refractivity contribution in [1.82, 2.24) is 9.78 Å². The van der Waals surface area contributed by atoms with Crippen LogP contribution in [-0.2, 0) is 6.54 Å². The molecule has 0 spiro atoms. The Kier molecular flexibility index (Phi) is 2.64. The molecule has 0 saturated heterocycles. The highest BCUT2D eigenvalue weighted by Crippen LogP contribution is 2.16. The Morgan fingerprint density at radius 1 is 1.40 bits per heavy atom. The summed E-state index contributed by atoms with van der Waals surface area (Å²) in [6.07, 6.45) is 1.86. The maximum absolute atomic E-state index is 5.88. The molecule has 1 aromatic heterocycles. The van der Waals surface area contributed by atoms with E-state index in [9.17, 15) is 0 Å². The number of hydrogen-bond donors (Lipinski definition) is 1. The molecule has 0 amide bonds. The summed E-state index contributed by atoms with van der Waals surface area (Å²) in [7, 11) is 0. The van der Waals surface area contributed by atoms with Gasteiger partial charge in [0.15, 0.2) is 0 Å². The van der Waals surface area contributed by atoms with E-state index in [2.05, 4.69) is 5.10 Å². The molecule has 0 atom stereocenters. The van der Waals surface area contributed by atoms with Gasteiger partial charge < -0.3 is 5.73 Å². The zero-order valence-electron chi connectivity index (χ0n) is 8.44. The van der Waals surface area contributed by atoms with Crippen molar-refractivity contribution in [3.8, 4) is 0 Å². The number of halogens is 1. The van der Waals surface area contributed by atoms with E-state index in [-0.39, 0.29) is 0 Å². The lowest BCUT2D eigenvalue weighted by Crippen LogP contribution is -2.02. The minimum atomic E-state index is 0.543. The molecule has 4 heteroatoms. The van der Waals surface area contributed by atoms with Crippen LogP contribution in [-0.4, -0.2) is 9.78 Å². The number of aryl methyl sites for hydroxylation is 1. The molecule has 15 heavy (non-hydrogen) atoms. The average Bonchev–Trinajstić information content (AvgIpc) is 2.56. The fourth-order valence-corrected chi connectivity index (χ4v) is 1.70. The van der Waals surface area contributed by atoms with E-state index < -0.39 is 0 Å². The summed E-state index contributed by atoms with van der Waals surface area (Å²) in [5, 5.41) is 4.89. The molecule has 78 valence electrons. The van der Waals surface area contributed by atoms with E-state index in [0.29, 0.717) is 5.82 Å². The lowest BCUT2D eigenvalue weighted by Gasteiger charge is -2.06. The molecule has 1 aromatic carbocycles. The Morgan fingerprint density at radius 3 is 2.80 bits per heavy atom. The third-order valence-electron chi connectivity index (χ3n) is 2.30. The number of nitrogens with two attached hydrogens (primary N) is 1. The van der Waals surface area contributed by atoms with E-state index in [1.165, 1.54) is 5.56 Å². The summed E-state index contributed by atoms with van der Waals surface area (Å²) in [4.78, 5) is 0. The molecule has 0 aliphatic rings. The second-order valence-electron chi connectivity index (χ2n) is 3.51. The van der Waals surface area contributed by atoms with Crippen LogP contribution >= 0.6 is 11.6 Å². The summed E-state index contributed by atoms with van der Waals surface area (Å²) >= 11 is 5.88. The monoisotopic (exact) mass is 221 g/mol. The minimum absolute atomic E-state index is 0.543. The van der Waals surface area contributed by atoms with Gasteiger partial charge in [-0.25, -0.2) is 0 Å². The van der Waals surface area contributed by atoms with Crippen molar-refractivity contribution in [3.05, 3.63) is 46.6 Å². The highest BCUT2D eigenvalue weighted by Gasteiger charge is 2.01. The van der Waals surface area contributed by atoms with E-state index in [1.54, 1.807) is 6.07 Å². The summed E-state index contributed by atoms with van der Waals surface area (Å²) in [5.41, 5.74) is 7.90. The predicted octanol–water partition coefficient (Wildman–Crippen LogP) is 2.48. The van der Waals surface area contributed by atoms with E-state index in [4.69, 9.17) is 17.3 Å². The third-order valence-corrected chi connectivity index (χ3v) is 2.53. The van der Waals surface area contributed by atoms with Gasteiger partial charge in [0.05, 0.1) is 6.54 Å². The molecule has 0 aliphatic heterocycles. The van der Waals surface area contributed by atoms with E-state index in [1.807, 2.05) is 36.0 Å². The molecule has 0 aliphatic carbocycles. The summed E-state index contributed by atoms with van der Waals surface area (Å²) in [5.74, 6) is 0.543. The second-order valence-corrected chi connectivity index (χ2v) is 3.95. The van der Waals surface area contributed by atoms with E-state index >= 15 is 0 Å². The Bertz CT molecular complexity index is 476. The van der Waals surface area contributed by atoms with Crippen molar-refractivity contribution in [1.29, 1.82) is 0 Å². The normalized spacial score (nSPS) is 10.5. The van der Waals surface area contributed by atoms with Crippen molar-refractivity contribution in [2.24, 2.45) is 0 Å². The summed E-state index contributed by atoms with van der Waals surface area (Å²) < 4.78 is 1.81. The van der Waals surface area contributed by atoms with Gasteiger partial charge in [0.2, 0.25) is 0 Å². The molecule has 0 fully saturated rings. The van der Waals surface area contributed by atoms with Crippen LogP contribution in [0, 0.1) is 6.92 Å². The largest absolute Gasteiger partial charge is 0.382 e. The van der Waals surface area contributed by atoms with Crippen LogP contribution in [0.4, 0.5) is 5.82 Å². The first-order valence-corrected chi connectivity index (χ1v) is 5.07. The number of nitrogens with zero attached hydrogens (tertiary/aromatic N) is 2. The molecule has 0 unspecified atom stereocenters. The zero-order chi connectivity index (χ0) is 10.8. The fourth-order valence-electron chi connectivity index (χ4n) is 1.48. The Labute approximate surface area is 93.5 Å². The lowest BCUT2D eigenvalue weighted by molar-refractivity contribution is 0.687. The van der Waals surface area contributed by atoms with Crippen molar-refractivity contribution < 1.29 is 0 Å². The van der Waals surface area contributed by atoms with Crippen LogP contribution in [0.3, 0.4) is 0 Å². The highest BCUT2D eigenvalue weighted by molar-refractivity contribution is 6.30. The average molecular weight is 222 g/mol. The standard InChI is InChI=1S/C11H12ClN3/c1-8-6-10(12)3-2-9(8)7-15-5-4-11(13)14-15/h2-6H,7H2,1H3,(H2,13,14). The van der Waals surface area contributed by atoms with Crippen molar-refractivity contribution >= 4 is 17.4 Å². The van der Waals surface area contributed by atoms with Gasteiger partial charge >= 0.3 is 0 Å². The fraction of sp³-hybridized carbons (Fsp3) is 0.182. The van der Waals surface area contributed by atoms with Gasteiger partial charge in [0.25, 0.3) is 0 Å². The number of anilines is 1. The van der Waals surface area contributed by atoms with Gasteiger partial charge in [-0.05, 0) is 36.2 Å². The number of hydrogen-bond acceptors (Lipinski definition) is 2. The Hall–Kier alpha value is -1.48. The maximum Gasteiger partial charge on any atom is 0.145 e. The molecular formula is C11H12ClN3. The van der Waals surface area contributed by atoms with Gasteiger partial charge in [-0.2, -0.15) is 5.10 Å². The Balaban J connectivity index is 2.24. The molecular weight excluding hydrogens is 210 g/mol. The number of rotatable bonds is 2.